The number of amides is 1. The monoisotopic (exact) mass is 264 g/mol. The molecule has 0 saturated carbocycles. The van der Waals surface area contributed by atoms with E-state index in [-0.39, 0.29) is 17.2 Å². The second-order valence-electron chi connectivity index (χ2n) is 6.53. The Hall–Kier alpha value is -1.29. The van der Waals surface area contributed by atoms with Crippen LogP contribution in [0.2, 0.25) is 0 Å². The summed E-state index contributed by atoms with van der Waals surface area (Å²) < 4.78 is 5.58. The van der Waals surface area contributed by atoms with Crippen molar-refractivity contribution in [1.82, 2.24) is 10.2 Å². The van der Waals surface area contributed by atoms with Crippen LogP contribution in [0.1, 0.15) is 33.6 Å². The van der Waals surface area contributed by atoms with Crippen molar-refractivity contribution in [2.24, 2.45) is 0 Å². The summed E-state index contributed by atoms with van der Waals surface area (Å²) in [7, 11) is 0. The van der Waals surface area contributed by atoms with E-state index >= 15 is 0 Å². The van der Waals surface area contributed by atoms with Crippen LogP contribution in [0, 0.1) is 0 Å². The molecular formula is C15H24N2O2. The van der Waals surface area contributed by atoms with Crippen LogP contribution < -0.4 is 5.32 Å². The minimum atomic E-state index is -0.494. The van der Waals surface area contributed by atoms with E-state index < -0.39 is 5.60 Å². The van der Waals surface area contributed by atoms with E-state index in [1.54, 1.807) is 0 Å². The Morgan fingerprint density at radius 1 is 1.21 bits per heavy atom. The SMILES string of the molecule is C=CC12CCC(C=C)(CNC1)N2C(=O)OC(C)(C)C. The Morgan fingerprint density at radius 2 is 1.68 bits per heavy atom. The highest BCUT2D eigenvalue weighted by Crippen LogP contribution is 2.45. The van der Waals surface area contributed by atoms with Gasteiger partial charge in [0.25, 0.3) is 0 Å². The summed E-state index contributed by atoms with van der Waals surface area (Å²) in [5, 5.41) is 3.39. The van der Waals surface area contributed by atoms with E-state index in [4.69, 9.17) is 4.74 Å². The smallest absolute Gasteiger partial charge is 0.411 e. The average molecular weight is 264 g/mol. The molecule has 2 fully saturated rings. The quantitative estimate of drug-likeness (QED) is 0.779. The molecule has 1 N–H and O–H groups in total. The first kappa shape index (κ1) is 14.1. The topological polar surface area (TPSA) is 41.6 Å². The molecule has 2 aliphatic heterocycles. The fraction of sp³-hybridized carbons (Fsp3) is 0.667. The van der Waals surface area contributed by atoms with Gasteiger partial charge in [0.1, 0.15) is 5.60 Å². The Kier molecular flexibility index (Phi) is 3.25. The number of carbonyl (C=O) groups excluding carboxylic acids is 1. The molecule has 2 bridgehead atoms. The number of nitrogens with zero attached hydrogens (tertiary/aromatic N) is 1. The molecule has 2 aliphatic rings. The number of hydrogen-bond acceptors (Lipinski definition) is 3. The second-order valence-corrected chi connectivity index (χ2v) is 6.53. The molecule has 2 rings (SSSR count). The van der Waals surface area contributed by atoms with E-state index in [9.17, 15) is 4.79 Å². The van der Waals surface area contributed by atoms with Gasteiger partial charge in [-0.2, -0.15) is 0 Å². The molecule has 106 valence electrons. The van der Waals surface area contributed by atoms with Crippen molar-refractivity contribution in [3.05, 3.63) is 25.3 Å². The first-order chi connectivity index (χ1) is 8.79. The van der Waals surface area contributed by atoms with Gasteiger partial charge < -0.3 is 10.1 Å². The van der Waals surface area contributed by atoms with Gasteiger partial charge in [-0.25, -0.2) is 4.79 Å². The normalized spacial score (nSPS) is 33.9. The van der Waals surface area contributed by atoms with Gasteiger partial charge in [-0.1, -0.05) is 12.2 Å². The highest BCUT2D eigenvalue weighted by atomic mass is 16.6. The fourth-order valence-electron chi connectivity index (χ4n) is 3.13. The first-order valence-corrected chi connectivity index (χ1v) is 6.80. The molecular weight excluding hydrogens is 240 g/mol. The van der Waals surface area contributed by atoms with E-state index in [0.717, 1.165) is 25.9 Å². The van der Waals surface area contributed by atoms with Gasteiger partial charge in [0.2, 0.25) is 0 Å². The number of carbonyl (C=O) groups is 1. The van der Waals surface area contributed by atoms with Gasteiger partial charge in [-0.15, -0.1) is 13.2 Å². The van der Waals surface area contributed by atoms with Gasteiger partial charge >= 0.3 is 6.09 Å². The van der Waals surface area contributed by atoms with Crippen LogP contribution in [-0.2, 0) is 4.74 Å². The van der Waals surface area contributed by atoms with Crippen LogP contribution in [0.4, 0.5) is 4.79 Å². The molecule has 0 radical (unpaired) electrons. The lowest BCUT2D eigenvalue weighted by Crippen LogP contribution is -2.67. The molecule has 2 atom stereocenters. The van der Waals surface area contributed by atoms with E-state index in [0.29, 0.717) is 0 Å². The minimum Gasteiger partial charge on any atom is -0.444 e. The summed E-state index contributed by atoms with van der Waals surface area (Å²) >= 11 is 0. The van der Waals surface area contributed by atoms with Crippen LogP contribution >= 0.6 is 0 Å². The number of rotatable bonds is 2. The molecule has 4 nitrogen and oxygen atoms in total. The number of ether oxygens (including phenoxy) is 1. The third kappa shape index (κ3) is 2.18. The molecule has 0 aromatic carbocycles. The van der Waals surface area contributed by atoms with E-state index in [2.05, 4.69) is 18.5 Å². The third-order valence-corrected chi connectivity index (χ3v) is 4.08. The number of fused-ring (bicyclic) bond motifs is 2. The van der Waals surface area contributed by atoms with Gasteiger partial charge in [0, 0.05) is 13.1 Å². The van der Waals surface area contributed by atoms with Gasteiger partial charge in [0.05, 0.1) is 11.1 Å². The molecule has 0 aliphatic carbocycles. The first-order valence-electron chi connectivity index (χ1n) is 6.80. The zero-order chi connectivity index (χ0) is 14.3. The molecule has 0 spiro atoms. The third-order valence-electron chi connectivity index (χ3n) is 4.08. The van der Waals surface area contributed by atoms with Crippen molar-refractivity contribution >= 4 is 6.09 Å². The van der Waals surface area contributed by atoms with Crippen LogP contribution in [0.25, 0.3) is 0 Å². The Balaban J connectivity index is 2.36. The average Bonchev–Trinajstić information content (AvgIpc) is 2.53. The summed E-state index contributed by atoms with van der Waals surface area (Å²) in [5.41, 5.74) is -1.20. The maximum absolute atomic E-state index is 12.6. The van der Waals surface area contributed by atoms with Crippen molar-refractivity contribution < 1.29 is 9.53 Å². The summed E-state index contributed by atoms with van der Waals surface area (Å²) in [5.74, 6) is 0. The highest BCUT2D eigenvalue weighted by Gasteiger charge is 2.58. The number of piperazine rings is 1. The molecule has 0 aromatic rings. The lowest BCUT2D eigenvalue weighted by Gasteiger charge is -2.48. The molecule has 0 aromatic heterocycles. The van der Waals surface area contributed by atoms with Crippen molar-refractivity contribution in [2.75, 3.05) is 13.1 Å². The maximum Gasteiger partial charge on any atom is 0.411 e. The van der Waals surface area contributed by atoms with Crippen LogP contribution in [0.15, 0.2) is 25.3 Å². The predicted molar refractivity (Wildman–Crippen MR) is 76.0 cm³/mol. The van der Waals surface area contributed by atoms with Gasteiger partial charge in [-0.3, -0.25) is 4.90 Å². The standard InChI is InChI=1S/C15H24N2O2/c1-6-14-8-9-15(7-2,11-16-10-14)17(14)12(18)19-13(3,4)5/h6-7,16H,1-2,8-11H2,3-5H3. The van der Waals surface area contributed by atoms with Crippen LogP contribution in [-0.4, -0.2) is 40.8 Å². The van der Waals surface area contributed by atoms with Gasteiger partial charge in [0.15, 0.2) is 0 Å². The molecule has 2 saturated heterocycles. The Morgan fingerprint density at radius 3 is 2.05 bits per heavy atom. The van der Waals surface area contributed by atoms with E-state index in [1.165, 1.54) is 0 Å². The maximum atomic E-state index is 12.6. The Bertz CT molecular complexity index is 389. The molecule has 19 heavy (non-hydrogen) atoms. The van der Waals surface area contributed by atoms with Crippen molar-refractivity contribution in [2.45, 2.75) is 50.3 Å². The molecule has 2 unspecified atom stereocenters. The lowest BCUT2D eigenvalue weighted by molar-refractivity contribution is -0.0133. The predicted octanol–water partition coefficient (Wildman–Crippen LogP) is 2.47. The minimum absolute atomic E-state index is 0.272. The van der Waals surface area contributed by atoms with Crippen LogP contribution in [0.5, 0.6) is 0 Å². The number of nitrogens with one attached hydrogen (secondary N) is 1. The molecule has 2 heterocycles. The van der Waals surface area contributed by atoms with E-state index in [1.807, 2.05) is 37.8 Å². The fourth-order valence-corrected chi connectivity index (χ4v) is 3.13. The second kappa shape index (κ2) is 4.37. The summed E-state index contributed by atoms with van der Waals surface area (Å²) in [6.45, 7) is 15.0. The highest BCUT2D eigenvalue weighted by molar-refractivity contribution is 5.72. The summed E-state index contributed by atoms with van der Waals surface area (Å²) in [6.07, 6.45) is 5.26. The van der Waals surface area contributed by atoms with Gasteiger partial charge in [-0.05, 0) is 33.6 Å². The van der Waals surface area contributed by atoms with Crippen molar-refractivity contribution in [1.29, 1.82) is 0 Å². The summed E-state index contributed by atoms with van der Waals surface area (Å²) in [6, 6.07) is 0. The lowest BCUT2D eigenvalue weighted by atomic mass is 9.94. The van der Waals surface area contributed by atoms with Crippen molar-refractivity contribution in [3.63, 3.8) is 0 Å². The zero-order valence-electron chi connectivity index (χ0n) is 12.2. The summed E-state index contributed by atoms with van der Waals surface area (Å²) in [4.78, 5) is 14.4. The molecule has 4 heteroatoms. The number of hydrogen-bond donors (Lipinski definition) is 1. The largest absolute Gasteiger partial charge is 0.444 e. The van der Waals surface area contributed by atoms with Crippen molar-refractivity contribution in [3.8, 4) is 0 Å². The molecule has 1 amide bonds. The Labute approximate surface area is 115 Å². The van der Waals surface area contributed by atoms with Crippen LogP contribution in [0.3, 0.4) is 0 Å². The zero-order valence-corrected chi connectivity index (χ0v) is 12.2.